The van der Waals surface area contributed by atoms with Crippen LogP contribution >= 0.6 is 0 Å². The molecule has 76 valence electrons. The first-order valence-electron chi connectivity index (χ1n) is 5.14. The first-order valence-corrected chi connectivity index (χ1v) is 4.64. The van der Waals surface area contributed by atoms with Crippen LogP contribution in [-0.2, 0) is 0 Å². The van der Waals surface area contributed by atoms with E-state index in [2.05, 4.69) is 9.97 Å². The van der Waals surface area contributed by atoms with Crippen LogP contribution < -0.4 is 4.74 Å². The van der Waals surface area contributed by atoms with Crippen LogP contribution in [0.3, 0.4) is 0 Å². The second-order valence-corrected chi connectivity index (χ2v) is 3.18. The van der Waals surface area contributed by atoms with Crippen LogP contribution in [0.2, 0.25) is 0 Å². The average molecular weight is 201 g/mol. The molecule has 3 heteroatoms. The van der Waals surface area contributed by atoms with Gasteiger partial charge in [-0.1, -0.05) is 0 Å². The molecule has 0 unspecified atom stereocenters. The van der Waals surface area contributed by atoms with Gasteiger partial charge in [-0.05, 0) is 30.7 Å². The second-order valence-electron chi connectivity index (χ2n) is 3.18. The van der Waals surface area contributed by atoms with Crippen molar-refractivity contribution >= 4 is 0 Å². The van der Waals surface area contributed by atoms with Crippen LogP contribution in [0.5, 0.6) is 5.75 Å². The van der Waals surface area contributed by atoms with E-state index < -0.39 is 0 Å². The van der Waals surface area contributed by atoms with Crippen molar-refractivity contribution in [1.29, 1.82) is 0 Å². The zero-order valence-corrected chi connectivity index (χ0v) is 8.69. The van der Waals surface area contributed by atoms with E-state index in [1.807, 2.05) is 19.1 Å². The third kappa shape index (κ3) is 1.96. The van der Waals surface area contributed by atoms with E-state index in [0.29, 0.717) is 11.8 Å². The smallest absolute Gasteiger partial charge is 0.144 e. The van der Waals surface area contributed by atoms with Crippen LogP contribution in [0.4, 0.5) is 0 Å². The molecule has 0 atom stereocenters. The van der Waals surface area contributed by atoms with Gasteiger partial charge in [0.25, 0.3) is 0 Å². The van der Waals surface area contributed by atoms with E-state index in [0.717, 1.165) is 16.8 Å². The Morgan fingerprint density at radius 2 is 2.27 bits per heavy atom. The van der Waals surface area contributed by atoms with Gasteiger partial charge in [0.15, 0.2) is 0 Å². The van der Waals surface area contributed by atoms with Gasteiger partial charge in [0.2, 0.25) is 0 Å². The van der Waals surface area contributed by atoms with E-state index in [4.69, 9.17) is 6.11 Å². The van der Waals surface area contributed by atoms with Crippen LogP contribution in [0, 0.1) is 6.92 Å². The van der Waals surface area contributed by atoms with Gasteiger partial charge in [0.1, 0.15) is 5.75 Å². The molecule has 2 aromatic rings. The molecule has 0 saturated carbocycles. The SMILES string of the molecule is [2H]c1cnc(C)cc1-c1ccncc1OC. The minimum Gasteiger partial charge on any atom is -0.494 e. The molecule has 0 N–H and O–H groups in total. The molecular weight excluding hydrogens is 188 g/mol. The van der Waals surface area contributed by atoms with E-state index in [1.165, 1.54) is 0 Å². The minimum atomic E-state index is 0.384. The number of aryl methyl sites for hydroxylation is 1. The summed E-state index contributed by atoms with van der Waals surface area (Å²) in [7, 11) is 1.60. The van der Waals surface area contributed by atoms with Crippen molar-refractivity contribution < 1.29 is 6.11 Å². The van der Waals surface area contributed by atoms with E-state index in [9.17, 15) is 0 Å². The molecule has 0 fully saturated rings. The molecule has 0 radical (unpaired) electrons. The summed E-state index contributed by atoms with van der Waals surface area (Å²) in [6.45, 7) is 1.90. The summed E-state index contributed by atoms with van der Waals surface area (Å²) in [6, 6.07) is 4.10. The monoisotopic (exact) mass is 201 g/mol. The molecule has 2 aromatic heterocycles. The van der Waals surface area contributed by atoms with Gasteiger partial charge >= 0.3 is 0 Å². The van der Waals surface area contributed by atoms with Crippen molar-refractivity contribution in [1.82, 2.24) is 9.97 Å². The van der Waals surface area contributed by atoms with E-state index in [-0.39, 0.29) is 0 Å². The topological polar surface area (TPSA) is 35.0 Å². The molecule has 0 amide bonds. The van der Waals surface area contributed by atoms with E-state index >= 15 is 0 Å². The van der Waals surface area contributed by atoms with Crippen molar-refractivity contribution in [3.05, 3.63) is 42.5 Å². The number of ether oxygens (including phenoxy) is 1. The van der Waals surface area contributed by atoms with Crippen molar-refractivity contribution in [2.75, 3.05) is 7.11 Å². The molecule has 0 aliphatic heterocycles. The van der Waals surface area contributed by atoms with Crippen molar-refractivity contribution in [2.24, 2.45) is 0 Å². The molecule has 0 aromatic carbocycles. The average Bonchev–Trinajstić information content (AvgIpc) is 2.32. The maximum atomic E-state index is 7.84. The lowest BCUT2D eigenvalue weighted by Gasteiger charge is -2.07. The molecule has 15 heavy (non-hydrogen) atoms. The summed E-state index contributed by atoms with van der Waals surface area (Å²) in [5, 5.41) is 0. The summed E-state index contributed by atoms with van der Waals surface area (Å²) in [4.78, 5) is 8.07. The summed E-state index contributed by atoms with van der Waals surface area (Å²) in [5.74, 6) is 0.668. The van der Waals surface area contributed by atoms with Crippen molar-refractivity contribution in [3.8, 4) is 16.9 Å². The Balaban J connectivity index is 2.62. The molecule has 2 heterocycles. The van der Waals surface area contributed by atoms with Crippen LogP contribution in [0.1, 0.15) is 7.06 Å². The largest absolute Gasteiger partial charge is 0.494 e. The van der Waals surface area contributed by atoms with Gasteiger partial charge < -0.3 is 4.74 Å². The third-order valence-electron chi connectivity index (χ3n) is 2.14. The van der Waals surface area contributed by atoms with Crippen molar-refractivity contribution in [3.63, 3.8) is 0 Å². The van der Waals surface area contributed by atoms with Gasteiger partial charge in [-0.3, -0.25) is 9.97 Å². The summed E-state index contributed by atoms with van der Waals surface area (Å²) in [6.07, 6.45) is 4.88. The fourth-order valence-corrected chi connectivity index (χ4v) is 1.41. The lowest BCUT2D eigenvalue weighted by atomic mass is 10.1. The van der Waals surface area contributed by atoms with E-state index in [1.54, 1.807) is 25.7 Å². The van der Waals surface area contributed by atoms with Gasteiger partial charge in [0, 0.05) is 23.7 Å². The number of rotatable bonds is 2. The Kier molecular flexibility index (Phi) is 2.29. The number of hydrogen-bond donors (Lipinski definition) is 0. The van der Waals surface area contributed by atoms with Gasteiger partial charge in [-0.15, -0.1) is 0 Å². The Labute approximate surface area is 90.2 Å². The zero-order chi connectivity index (χ0) is 11.5. The second kappa shape index (κ2) is 4.09. The predicted molar refractivity (Wildman–Crippen MR) is 58.8 cm³/mol. The first-order chi connectivity index (χ1) is 7.72. The number of methoxy groups -OCH3 is 1. The maximum Gasteiger partial charge on any atom is 0.144 e. The Bertz CT molecular complexity index is 514. The van der Waals surface area contributed by atoms with Crippen LogP contribution in [0.25, 0.3) is 11.1 Å². The Hall–Kier alpha value is -1.90. The predicted octanol–water partition coefficient (Wildman–Crippen LogP) is 2.46. The van der Waals surface area contributed by atoms with Crippen molar-refractivity contribution in [2.45, 2.75) is 6.92 Å². The molecule has 3 nitrogen and oxygen atoms in total. The molecule has 2 rings (SSSR count). The maximum absolute atomic E-state index is 7.84. The fraction of sp³-hybridized carbons (Fsp3) is 0.167. The molecular formula is C12H12N2O. The van der Waals surface area contributed by atoms with Crippen LogP contribution in [0.15, 0.2) is 36.8 Å². The zero-order valence-electron chi connectivity index (χ0n) is 9.69. The number of aromatic nitrogens is 2. The quantitative estimate of drug-likeness (QED) is 0.748. The summed E-state index contributed by atoms with van der Waals surface area (Å²) < 4.78 is 13.1. The standard InChI is InChI=1S/C12H12N2O/c1-9-7-10(3-6-14-9)11-4-5-13-8-12(11)15-2/h3-8H,1-2H3/i3D. The third-order valence-corrected chi connectivity index (χ3v) is 2.14. The highest BCUT2D eigenvalue weighted by molar-refractivity contribution is 5.69. The minimum absolute atomic E-state index is 0.384. The molecule has 0 aliphatic rings. The molecule has 0 aliphatic carbocycles. The first kappa shape index (κ1) is 8.41. The van der Waals surface area contributed by atoms with Gasteiger partial charge in [-0.25, -0.2) is 0 Å². The normalized spacial score (nSPS) is 10.9. The Morgan fingerprint density at radius 3 is 3.07 bits per heavy atom. The lowest BCUT2D eigenvalue weighted by molar-refractivity contribution is 0.414. The highest BCUT2D eigenvalue weighted by Crippen LogP contribution is 2.28. The molecule has 0 bridgehead atoms. The van der Waals surface area contributed by atoms with Gasteiger partial charge in [-0.2, -0.15) is 0 Å². The summed E-state index contributed by atoms with van der Waals surface area (Å²) in [5.41, 5.74) is 2.56. The highest BCUT2D eigenvalue weighted by Gasteiger charge is 2.04. The molecule has 0 saturated heterocycles. The Morgan fingerprint density at radius 1 is 1.40 bits per heavy atom. The molecule has 0 spiro atoms. The van der Waals surface area contributed by atoms with Crippen LogP contribution in [-0.4, -0.2) is 17.1 Å². The number of hydrogen-bond acceptors (Lipinski definition) is 3. The lowest BCUT2D eigenvalue weighted by Crippen LogP contribution is -1.89. The van der Waals surface area contributed by atoms with Gasteiger partial charge in [0.05, 0.1) is 14.7 Å². The number of nitrogens with zero attached hydrogens (tertiary/aromatic N) is 2. The summed E-state index contributed by atoms with van der Waals surface area (Å²) >= 11 is 0. The highest BCUT2D eigenvalue weighted by atomic mass is 16.5. The fourth-order valence-electron chi connectivity index (χ4n) is 1.41. The number of pyridine rings is 2.